The molecule has 0 spiro atoms. The lowest BCUT2D eigenvalue weighted by molar-refractivity contribution is -0.155. The Kier molecular flexibility index (Phi) is 7.03. The molecule has 0 heterocycles. The van der Waals surface area contributed by atoms with Gasteiger partial charge in [-0.2, -0.15) is 0 Å². The predicted octanol–water partition coefficient (Wildman–Crippen LogP) is 2.40. The molecule has 4 atom stereocenters. The van der Waals surface area contributed by atoms with Crippen molar-refractivity contribution in [3.63, 3.8) is 0 Å². The molecular formula is C20H30O5. The SMILES string of the molecule is CC(C)=CCC(O)[C@]1(O)C(=O)C(C(=O)C(C)C)C(=O)[C@@H]1CC=C(C)C. The quantitative estimate of drug-likeness (QED) is 0.543. The van der Waals surface area contributed by atoms with E-state index < -0.39 is 46.8 Å². The van der Waals surface area contributed by atoms with Crippen LogP contribution in [0.2, 0.25) is 0 Å². The Morgan fingerprint density at radius 3 is 2.08 bits per heavy atom. The van der Waals surface area contributed by atoms with E-state index in [1.807, 2.05) is 27.7 Å². The summed E-state index contributed by atoms with van der Waals surface area (Å²) in [7, 11) is 0. The summed E-state index contributed by atoms with van der Waals surface area (Å²) in [5, 5.41) is 21.6. The Morgan fingerprint density at radius 1 is 1.12 bits per heavy atom. The summed E-state index contributed by atoms with van der Waals surface area (Å²) < 4.78 is 0. The van der Waals surface area contributed by atoms with Crippen molar-refractivity contribution in [2.24, 2.45) is 17.8 Å². The van der Waals surface area contributed by atoms with Crippen LogP contribution in [0.1, 0.15) is 54.4 Å². The van der Waals surface area contributed by atoms with Gasteiger partial charge in [0.15, 0.2) is 23.0 Å². The summed E-state index contributed by atoms with van der Waals surface area (Å²) in [5.41, 5.74) is -0.375. The fraction of sp³-hybridized carbons (Fsp3) is 0.650. The molecule has 1 saturated carbocycles. The van der Waals surface area contributed by atoms with Gasteiger partial charge in [-0.3, -0.25) is 14.4 Å². The second-order valence-electron chi connectivity index (χ2n) is 7.68. The predicted molar refractivity (Wildman–Crippen MR) is 95.9 cm³/mol. The molecular weight excluding hydrogens is 320 g/mol. The average molecular weight is 350 g/mol. The number of allylic oxidation sites excluding steroid dienone is 3. The number of aliphatic hydroxyl groups is 2. The molecule has 25 heavy (non-hydrogen) atoms. The molecule has 0 aromatic carbocycles. The van der Waals surface area contributed by atoms with Gasteiger partial charge in [0.2, 0.25) is 0 Å². The molecule has 0 aromatic rings. The number of rotatable bonds is 7. The van der Waals surface area contributed by atoms with Crippen molar-refractivity contribution >= 4 is 17.3 Å². The minimum atomic E-state index is -2.23. The fourth-order valence-electron chi connectivity index (χ4n) is 3.13. The second-order valence-corrected chi connectivity index (χ2v) is 7.68. The van der Waals surface area contributed by atoms with Gasteiger partial charge in [-0.15, -0.1) is 0 Å². The van der Waals surface area contributed by atoms with Crippen LogP contribution in [0.3, 0.4) is 0 Å². The first-order chi connectivity index (χ1) is 11.4. The standard InChI is InChI=1S/C20H30O5/c1-11(2)7-9-14-18(23)16(17(22)13(5)6)19(24)20(14,25)15(21)10-8-12(3)4/h7-8,13-16,21,25H,9-10H2,1-6H3/t14-,15?,16?,20-/m0/s1. The first-order valence-electron chi connectivity index (χ1n) is 8.73. The number of ketones is 3. The van der Waals surface area contributed by atoms with Gasteiger partial charge in [0.05, 0.1) is 12.0 Å². The summed E-state index contributed by atoms with van der Waals surface area (Å²) >= 11 is 0. The Bertz CT molecular complexity index is 606. The highest BCUT2D eigenvalue weighted by Gasteiger charge is 2.63. The van der Waals surface area contributed by atoms with E-state index in [4.69, 9.17) is 0 Å². The maximum Gasteiger partial charge on any atom is 0.185 e. The topological polar surface area (TPSA) is 91.7 Å². The van der Waals surface area contributed by atoms with Gasteiger partial charge in [-0.25, -0.2) is 0 Å². The number of aliphatic hydroxyl groups excluding tert-OH is 1. The van der Waals surface area contributed by atoms with Crippen LogP contribution >= 0.6 is 0 Å². The normalized spacial score (nSPS) is 27.4. The highest BCUT2D eigenvalue weighted by Crippen LogP contribution is 2.41. The van der Waals surface area contributed by atoms with Crippen LogP contribution in [0.4, 0.5) is 0 Å². The Hall–Kier alpha value is -1.59. The van der Waals surface area contributed by atoms with Crippen molar-refractivity contribution < 1.29 is 24.6 Å². The summed E-state index contributed by atoms with van der Waals surface area (Å²) in [6, 6.07) is 0. The highest BCUT2D eigenvalue weighted by atomic mass is 16.4. The Labute approximate surface area is 149 Å². The van der Waals surface area contributed by atoms with E-state index in [9.17, 15) is 24.6 Å². The van der Waals surface area contributed by atoms with E-state index >= 15 is 0 Å². The van der Waals surface area contributed by atoms with Crippen LogP contribution in [-0.4, -0.2) is 39.3 Å². The van der Waals surface area contributed by atoms with E-state index in [1.54, 1.807) is 26.0 Å². The molecule has 1 aliphatic rings. The molecule has 0 aliphatic heterocycles. The van der Waals surface area contributed by atoms with Crippen LogP contribution < -0.4 is 0 Å². The summed E-state index contributed by atoms with van der Waals surface area (Å²) in [4.78, 5) is 38.0. The monoisotopic (exact) mass is 350 g/mol. The fourth-order valence-corrected chi connectivity index (χ4v) is 3.13. The van der Waals surface area contributed by atoms with Gasteiger partial charge < -0.3 is 10.2 Å². The first-order valence-corrected chi connectivity index (χ1v) is 8.73. The summed E-state index contributed by atoms with van der Waals surface area (Å²) in [6.07, 6.45) is 2.19. The van der Waals surface area contributed by atoms with Crippen LogP contribution in [0.15, 0.2) is 23.3 Å². The van der Waals surface area contributed by atoms with Crippen molar-refractivity contribution in [2.45, 2.75) is 66.1 Å². The van der Waals surface area contributed by atoms with Crippen LogP contribution in [0.25, 0.3) is 0 Å². The number of Topliss-reactive ketones (excluding diaryl/α,β-unsaturated/α-hetero) is 3. The molecule has 2 N–H and O–H groups in total. The zero-order valence-corrected chi connectivity index (χ0v) is 16.0. The van der Waals surface area contributed by atoms with Crippen molar-refractivity contribution in [3.8, 4) is 0 Å². The second kappa shape index (κ2) is 8.19. The van der Waals surface area contributed by atoms with E-state index in [-0.39, 0.29) is 12.8 Å². The molecule has 1 rings (SSSR count). The molecule has 0 radical (unpaired) electrons. The summed E-state index contributed by atoms with van der Waals surface area (Å²) in [5.74, 6) is -5.04. The maximum absolute atomic E-state index is 12.8. The third-order valence-corrected chi connectivity index (χ3v) is 4.69. The van der Waals surface area contributed by atoms with Crippen LogP contribution in [0, 0.1) is 17.8 Å². The first kappa shape index (κ1) is 21.5. The highest BCUT2D eigenvalue weighted by molar-refractivity contribution is 6.27. The van der Waals surface area contributed by atoms with Crippen molar-refractivity contribution in [1.29, 1.82) is 0 Å². The van der Waals surface area contributed by atoms with Crippen molar-refractivity contribution in [2.75, 3.05) is 0 Å². The molecule has 5 nitrogen and oxygen atoms in total. The van der Waals surface area contributed by atoms with Crippen LogP contribution in [-0.2, 0) is 14.4 Å². The molecule has 1 aliphatic carbocycles. The molecule has 5 heteroatoms. The number of hydrogen-bond donors (Lipinski definition) is 2. The van der Waals surface area contributed by atoms with Crippen molar-refractivity contribution in [3.05, 3.63) is 23.3 Å². The lowest BCUT2D eigenvalue weighted by Gasteiger charge is -2.31. The van der Waals surface area contributed by atoms with E-state index in [0.29, 0.717) is 0 Å². The molecule has 140 valence electrons. The number of hydrogen-bond acceptors (Lipinski definition) is 5. The Balaban J connectivity index is 3.34. The molecule has 2 unspecified atom stereocenters. The van der Waals surface area contributed by atoms with Gasteiger partial charge in [-0.05, 0) is 40.5 Å². The molecule has 1 fully saturated rings. The smallest absolute Gasteiger partial charge is 0.185 e. The molecule has 0 aromatic heterocycles. The van der Waals surface area contributed by atoms with E-state index in [1.165, 1.54) is 0 Å². The largest absolute Gasteiger partial charge is 0.389 e. The lowest BCUT2D eigenvalue weighted by Crippen LogP contribution is -2.52. The maximum atomic E-state index is 12.8. The van der Waals surface area contributed by atoms with E-state index in [2.05, 4.69) is 0 Å². The average Bonchev–Trinajstić information content (AvgIpc) is 2.69. The third-order valence-electron chi connectivity index (χ3n) is 4.69. The molecule has 0 saturated heterocycles. The van der Waals surface area contributed by atoms with Gasteiger partial charge in [-0.1, -0.05) is 37.1 Å². The number of carbonyl (C=O) groups excluding carboxylic acids is 3. The van der Waals surface area contributed by atoms with Gasteiger partial charge in [0, 0.05) is 5.92 Å². The van der Waals surface area contributed by atoms with Crippen molar-refractivity contribution in [1.82, 2.24) is 0 Å². The van der Waals surface area contributed by atoms with Gasteiger partial charge in [0.1, 0.15) is 5.92 Å². The molecule has 0 amide bonds. The minimum Gasteiger partial charge on any atom is -0.389 e. The summed E-state index contributed by atoms with van der Waals surface area (Å²) in [6.45, 7) is 10.6. The van der Waals surface area contributed by atoms with Gasteiger partial charge >= 0.3 is 0 Å². The lowest BCUT2D eigenvalue weighted by atomic mass is 9.80. The third kappa shape index (κ3) is 4.33. The van der Waals surface area contributed by atoms with Crippen LogP contribution in [0.5, 0.6) is 0 Å². The van der Waals surface area contributed by atoms with Gasteiger partial charge in [0.25, 0.3) is 0 Å². The zero-order valence-electron chi connectivity index (χ0n) is 16.0. The number of carbonyl (C=O) groups is 3. The molecule has 0 bridgehead atoms. The Morgan fingerprint density at radius 2 is 1.64 bits per heavy atom. The minimum absolute atomic E-state index is 0.0474. The zero-order chi connectivity index (χ0) is 19.5. The van der Waals surface area contributed by atoms with E-state index in [0.717, 1.165) is 11.1 Å².